The number of rotatable bonds is 2. The molecule has 0 aliphatic carbocycles. The van der Waals surface area contributed by atoms with Gasteiger partial charge in [0.25, 0.3) is 0 Å². The van der Waals surface area contributed by atoms with Gasteiger partial charge in [-0.05, 0) is 28.1 Å². The summed E-state index contributed by atoms with van der Waals surface area (Å²) in [7, 11) is 0. The molecule has 2 heterocycles. The molecule has 5 heteroatoms. The SMILES string of the molecule is O=C(O)[C@H]1CNC[C@@H]1c1ccc(Br)o1. The highest BCUT2D eigenvalue weighted by atomic mass is 79.9. The van der Waals surface area contributed by atoms with E-state index < -0.39 is 5.97 Å². The van der Waals surface area contributed by atoms with Gasteiger partial charge in [0, 0.05) is 19.0 Å². The summed E-state index contributed by atoms with van der Waals surface area (Å²) in [6.45, 7) is 1.18. The van der Waals surface area contributed by atoms with Gasteiger partial charge in [0.15, 0.2) is 4.67 Å². The van der Waals surface area contributed by atoms with Gasteiger partial charge >= 0.3 is 5.97 Å². The van der Waals surface area contributed by atoms with Crippen LogP contribution in [0.3, 0.4) is 0 Å². The third-order valence-electron chi connectivity index (χ3n) is 2.49. The molecule has 1 aromatic rings. The predicted molar refractivity (Wildman–Crippen MR) is 53.1 cm³/mol. The van der Waals surface area contributed by atoms with Crippen LogP contribution in [-0.4, -0.2) is 24.2 Å². The molecule has 0 saturated carbocycles. The normalized spacial score (nSPS) is 26.6. The van der Waals surface area contributed by atoms with Gasteiger partial charge in [-0.1, -0.05) is 0 Å². The van der Waals surface area contributed by atoms with Crippen molar-refractivity contribution < 1.29 is 14.3 Å². The van der Waals surface area contributed by atoms with Crippen molar-refractivity contribution in [3.63, 3.8) is 0 Å². The Balaban J connectivity index is 2.21. The summed E-state index contributed by atoms with van der Waals surface area (Å²) in [5.74, 6) is -0.478. The number of carboxylic acids is 1. The number of halogens is 1. The fourth-order valence-corrected chi connectivity index (χ4v) is 2.08. The zero-order valence-corrected chi connectivity index (χ0v) is 8.95. The Morgan fingerprint density at radius 2 is 2.36 bits per heavy atom. The number of aliphatic carboxylic acids is 1. The third kappa shape index (κ3) is 1.69. The van der Waals surface area contributed by atoms with E-state index in [2.05, 4.69) is 21.2 Å². The first-order chi connectivity index (χ1) is 6.68. The molecule has 1 aliphatic heterocycles. The van der Waals surface area contributed by atoms with E-state index in [1.807, 2.05) is 6.07 Å². The maximum Gasteiger partial charge on any atom is 0.308 e. The van der Waals surface area contributed by atoms with Crippen LogP contribution in [0.5, 0.6) is 0 Å². The van der Waals surface area contributed by atoms with E-state index in [-0.39, 0.29) is 11.8 Å². The second kappa shape index (κ2) is 3.74. The quantitative estimate of drug-likeness (QED) is 0.844. The van der Waals surface area contributed by atoms with Crippen molar-refractivity contribution in [3.8, 4) is 0 Å². The van der Waals surface area contributed by atoms with Gasteiger partial charge in [-0.15, -0.1) is 0 Å². The standard InChI is InChI=1S/C9H10BrNO3/c10-8-2-1-7(14-8)5-3-11-4-6(5)9(12)13/h1-2,5-6,11H,3-4H2,(H,12,13)/t5-,6-/m0/s1. The maximum atomic E-state index is 10.9. The van der Waals surface area contributed by atoms with Crippen LogP contribution >= 0.6 is 15.9 Å². The summed E-state index contributed by atoms with van der Waals surface area (Å²) in [5, 5.41) is 12.0. The van der Waals surface area contributed by atoms with E-state index in [0.29, 0.717) is 17.8 Å². The zero-order chi connectivity index (χ0) is 10.1. The Hall–Kier alpha value is -0.810. The van der Waals surface area contributed by atoms with Gasteiger partial charge in [0.05, 0.1) is 5.92 Å². The molecule has 1 aliphatic rings. The van der Waals surface area contributed by atoms with Crippen molar-refractivity contribution >= 4 is 21.9 Å². The number of furan rings is 1. The lowest BCUT2D eigenvalue weighted by Gasteiger charge is -2.10. The van der Waals surface area contributed by atoms with Gasteiger partial charge < -0.3 is 14.8 Å². The van der Waals surface area contributed by atoms with Crippen molar-refractivity contribution in [2.45, 2.75) is 5.92 Å². The first-order valence-electron chi connectivity index (χ1n) is 4.37. The summed E-state index contributed by atoms with van der Waals surface area (Å²) in [6.07, 6.45) is 0. The second-order valence-corrected chi connectivity index (χ2v) is 4.13. The van der Waals surface area contributed by atoms with Crippen molar-refractivity contribution in [3.05, 3.63) is 22.6 Å². The largest absolute Gasteiger partial charge is 0.481 e. The highest BCUT2D eigenvalue weighted by Crippen LogP contribution is 2.30. The molecule has 1 aromatic heterocycles. The minimum Gasteiger partial charge on any atom is -0.481 e. The minimum atomic E-state index is -0.771. The number of nitrogens with one attached hydrogen (secondary N) is 1. The van der Waals surface area contributed by atoms with Crippen LogP contribution in [0.2, 0.25) is 0 Å². The molecule has 2 N–H and O–H groups in total. The Morgan fingerprint density at radius 3 is 2.93 bits per heavy atom. The van der Waals surface area contributed by atoms with Crippen LogP contribution in [0.1, 0.15) is 11.7 Å². The lowest BCUT2D eigenvalue weighted by molar-refractivity contribution is -0.141. The molecular formula is C9H10BrNO3. The Morgan fingerprint density at radius 1 is 1.57 bits per heavy atom. The number of carboxylic acid groups (broad SMARTS) is 1. The molecule has 1 fully saturated rings. The molecule has 0 amide bonds. The van der Waals surface area contributed by atoms with Crippen LogP contribution in [0.25, 0.3) is 0 Å². The monoisotopic (exact) mass is 259 g/mol. The summed E-state index contributed by atoms with van der Waals surface area (Å²) >= 11 is 3.20. The van der Waals surface area contributed by atoms with Crippen molar-refractivity contribution in [1.29, 1.82) is 0 Å². The molecule has 14 heavy (non-hydrogen) atoms. The lowest BCUT2D eigenvalue weighted by atomic mass is 9.94. The molecule has 0 spiro atoms. The van der Waals surface area contributed by atoms with Gasteiger partial charge in [-0.3, -0.25) is 4.79 Å². The van der Waals surface area contributed by atoms with E-state index >= 15 is 0 Å². The van der Waals surface area contributed by atoms with E-state index in [4.69, 9.17) is 9.52 Å². The summed E-state index contributed by atoms with van der Waals surface area (Å²) in [5.41, 5.74) is 0. The van der Waals surface area contributed by atoms with Crippen molar-refractivity contribution in [1.82, 2.24) is 5.32 Å². The molecule has 76 valence electrons. The molecule has 0 unspecified atom stereocenters. The maximum absolute atomic E-state index is 10.9. The predicted octanol–water partition coefficient (Wildman–Crippen LogP) is 1.43. The smallest absolute Gasteiger partial charge is 0.308 e. The second-order valence-electron chi connectivity index (χ2n) is 3.35. The molecule has 2 atom stereocenters. The molecular weight excluding hydrogens is 250 g/mol. The molecule has 1 saturated heterocycles. The zero-order valence-electron chi connectivity index (χ0n) is 7.37. The number of hydrogen-bond donors (Lipinski definition) is 2. The summed E-state index contributed by atoms with van der Waals surface area (Å²) < 4.78 is 6.00. The molecule has 2 rings (SSSR count). The Bertz CT molecular complexity index is 350. The fourth-order valence-electron chi connectivity index (χ4n) is 1.76. The van der Waals surface area contributed by atoms with E-state index in [1.54, 1.807) is 6.07 Å². The number of carbonyl (C=O) groups is 1. The van der Waals surface area contributed by atoms with Gasteiger partial charge in [0.1, 0.15) is 5.76 Å². The molecule has 0 bridgehead atoms. The van der Waals surface area contributed by atoms with Gasteiger partial charge in [-0.2, -0.15) is 0 Å². The lowest BCUT2D eigenvalue weighted by Crippen LogP contribution is -2.20. The molecule has 0 radical (unpaired) electrons. The van der Waals surface area contributed by atoms with Crippen LogP contribution in [0, 0.1) is 5.92 Å². The average Bonchev–Trinajstić information content (AvgIpc) is 2.70. The van der Waals surface area contributed by atoms with Crippen molar-refractivity contribution in [2.24, 2.45) is 5.92 Å². The topological polar surface area (TPSA) is 62.5 Å². The van der Waals surface area contributed by atoms with Crippen LogP contribution in [0.15, 0.2) is 21.2 Å². The minimum absolute atomic E-state index is 0.0567. The Kier molecular flexibility index (Phi) is 2.60. The highest BCUT2D eigenvalue weighted by Gasteiger charge is 2.35. The highest BCUT2D eigenvalue weighted by molar-refractivity contribution is 9.10. The van der Waals surface area contributed by atoms with E-state index in [1.165, 1.54) is 0 Å². The molecule has 4 nitrogen and oxygen atoms in total. The third-order valence-corrected chi connectivity index (χ3v) is 2.92. The van der Waals surface area contributed by atoms with Gasteiger partial charge in [0.2, 0.25) is 0 Å². The first-order valence-corrected chi connectivity index (χ1v) is 5.16. The van der Waals surface area contributed by atoms with Crippen LogP contribution < -0.4 is 5.32 Å². The summed E-state index contributed by atoms with van der Waals surface area (Å²) in [6, 6.07) is 3.60. The Labute approximate surface area is 89.4 Å². The average molecular weight is 260 g/mol. The summed E-state index contributed by atoms with van der Waals surface area (Å²) in [4.78, 5) is 10.9. The van der Waals surface area contributed by atoms with E-state index in [9.17, 15) is 4.79 Å². The van der Waals surface area contributed by atoms with Crippen LogP contribution in [0.4, 0.5) is 0 Å². The first kappa shape index (κ1) is 9.73. The fraction of sp³-hybridized carbons (Fsp3) is 0.444. The van der Waals surface area contributed by atoms with Crippen LogP contribution in [-0.2, 0) is 4.79 Å². The van der Waals surface area contributed by atoms with Crippen molar-refractivity contribution in [2.75, 3.05) is 13.1 Å². The van der Waals surface area contributed by atoms with Gasteiger partial charge in [-0.25, -0.2) is 0 Å². The number of hydrogen-bond acceptors (Lipinski definition) is 3. The van der Waals surface area contributed by atoms with E-state index in [0.717, 1.165) is 5.76 Å². The molecule has 0 aromatic carbocycles.